The van der Waals surface area contributed by atoms with E-state index in [1.54, 1.807) is 6.33 Å². The van der Waals surface area contributed by atoms with Crippen molar-refractivity contribution in [2.75, 3.05) is 31.1 Å². The highest BCUT2D eigenvalue weighted by molar-refractivity contribution is 9.10. The number of aromatic nitrogens is 4. The molecule has 0 spiro atoms. The van der Waals surface area contributed by atoms with Crippen molar-refractivity contribution in [1.82, 2.24) is 24.9 Å². The van der Waals surface area contributed by atoms with E-state index in [0.717, 1.165) is 53.2 Å². The third-order valence-corrected chi connectivity index (χ3v) is 4.40. The fraction of sp³-hybridized carbons (Fsp3) is 0.308. The van der Waals surface area contributed by atoms with E-state index >= 15 is 0 Å². The quantitative estimate of drug-likeness (QED) is 0.714. The lowest BCUT2D eigenvalue weighted by molar-refractivity contribution is 0.586. The molecule has 0 amide bonds. The zero-order chi connectivity index (χ0) is 14.4. The summed E-state index contributed by atoms with van der Waals surface area (Å²) in [6.45, 7) is 3.67. The van der Waals surface area contributed by atoms with Gasteiger partial charge in [0.1, 0.15) is 11.8 Å². The molecule has 0 atom stereocenters. The lowest BCUT2D eigenvalue weighted by Crippen LogP contribution is -2.44. The first-order valence-corrected chi connectivity index (χ1v) is 7.85. The smallest absolute Gasteiger partial charge is 0.204 e. The predicted octanol–water partition coefficient (Wildman–Crippen LogP) is 2.10. The Balaban J connectivity index is 2.03. The minimum Gasteiger partial charge on any atom is -0.351 e. The summed E-state index contributed by atoms with van der Waals surface area (Å²) in [6, 6.07) is 3.83. The topological polar surface area (TPSA) is 58.4 Å². The summed E-state index contributed by atoms with van der Waals surface area (Å²) in [7, 11) is 0. The van der Waals surface area contributed by atoms with Gasteiger partial charge in [-0.05, 0) is 12.1 Å². The molecule has 3 aromatic rings. The summed E-state index contributed by atoms with van der Waals surface area (Å²) >= 11 is 9.83. The van der Waals surface area contributed by atoms with Crippen LogP contribution in [0.25, 0.3) is 16.7 Å². The van der Waals surface area contributed by atoms with Gasteiger partial charge in [0.15, 0.2) is 5.82 Å². The van der Waals surface area contributed by atoms with Crippen LogP contribution < -0.4 is 10.2 Å². The Kier molecular flexibility index (Phi) is 3.20. The third kappa shape index (κ3) is 2.16. The summed E-state index contributed by atoms with van der Waals surface area (Å²) in [5.41, 5.74) is 2.42. The molecule has 6 nitrogen and oxygen atoms in total. The molecule has 108 valence electrons. The van der Waals surface area contributed by atoms with Crippen LogP contribution in [-0.2, 0) is 0 Å². The molecule has 3 heterocycles. The molecule has 1 aromatic carbocycles. The van der Waals surface area contributed by atoms with Crippen LogP contribution in [0.3, 0.4) is 0 Å². The lowest BCUT2D eigenvalue weighted by Gasteiger charge is -2.28. The molecule has 0 radical (unpaired) electrons. The first-order valence-electron chi connectivity index (χ1n) is 6.68. The Morgan fingerprint density at radius 2 is 2.05 bits per heavy atom. The van der Waals surface area contributed by atoms with Crippen molar-refractivity contribution in [2.45, 2.75) is 0 Å². The van der Waals surface area contributed by atoms with Gasteiger partial charge in [0.25, 0.3) is 0 Å². The summed E-state index contributed by atoms with van der Waals surface area (Å²) in [4.78, 5) is 6.98. The normalized spacial score (nSPS) is 16.0. The number of benzene rings is 1. The summed E-state index contributed by atoms with van der Waals surface area (Å²) < 4.78 is 2.85. The molecule has 1 saturated heterocycles. The highest BCUT2D eigenvalue weighted by Gasteiger charge is 2.19. The van der Waals surface area contributed by atoms with Crippen LogP contribution in [0.5, 0.6) is 0 Å². The Bertz CT molecular complexity index is 826. The van der Waals surface area contributed by atoms with Gasteiger partial charge in [-0.25, -0.2) is 4.98 Å². The number of fused-ring (bicyclic) bond motifs is 3. The van der Waals surface area contributed by atoms with Crippen molar-refractivity contribution >= 4 is 50.0 Å². The molecule has 21 heavy (non-hydrogen) atoms. The molecule has 1 aliphatic rings. The van der Waals surface area contributed by atoms with Crippen molar-refractivity contribution in [3.05, 3.63) is 28.0 Å². The predicted molar refractivity (Wildman–Crippen MR) is 86.1 cm³/mol. The molecule has 1 aliphatic heterocycles. The fourth-order valence-electron chi connectivity index (χ4n) is 2.66. The Labute approximate surface area is 134 Å². The highest BCUT2D eigenvalue weighted by Crippen LogP contribution is 2.30. The Morgan fingerprint density at radius 1 is 1.24 bits per heavy atom. The van der Waals surface area contributed by atoms with Crippen LogP contribution in [-0.4, -0.2) is 45.8 Å². The van der Waals surface area contributed by atoms with E-state index in [0.29, 0.717) is 5.02 Å². The standard InChI is InChI=1S/C13H12BrClN6/c14-8-5-9(15)11-10(6-8)21-7-17-19-13(21)12(18-11)20-3-1-16-2-4-20/h5-7,16H,1-4H2. The van der Waals surface area contributed by atoms with E-state index in [9.17, 15) is 0 Å². The number of anilines is 1. The first-order chi connectivity index (χ1) is 10.2. The molecule has 0 saturated carbocycles. The Hall–Kier alpha value is -1.44. The van der Waals surface area contributed by atoms with Gasteiger partial charge < -0.3 is 10.2 Å². The number of nitrogens with zero attached hydrogens (tertiary/aromatic N) is 5. The maximum atomic E-state index is 6.36. The molecule has 0 bridgehead atoms. The van der Waals surface area contributed by atoms with Gasteiger partial charge in [0.2, 0.25) is 5.65 Å². The van der Waals surface area contributed by atoms with E-state index in [-0.39, 0.29) is 0 Å². The van der Waals surface area contributed by atoms with E-state index in [1.807, 2.05) is 16.5 Å². The van der Waals surface area contributed by atoms with Gasteiger partial charge in [-0.3, -0.25) is 4.40 Å². The van der Waals surface area contributed by atoms with Crippen molar-refractivity contribution in [3.8, 4) is 0 Å². The van der Waals surface area contributed by atoms with Crippen molar-refractivity contribution in [2.24, 2.45) is 0 Å². The van der Waals surface area contributed by atoms with Gasteiger partial charge in [-0.15, -0.1) is 10.2 Å². The van der Waals surface area contributed by atoms with Crippen LogP contribution in [0.15, 0.2) is 22.9 Å². The average molecular weight is 368 g/mol. The van der Waals surface area contributed by atoms with Crippen LogP contribution in [0.2, 0.25) is 5.02 Å². The van der Waals surface area contributed by atoms with Crippen molar-refractivity contribution in [1.29, 1.82) is 0 Å². The van der Waals surface area contributed by atoms with Crippen LogP contribution in [0, 0.1) is 0 Å². The second-order valence-electron chi connectivity index (χ2n) is 4.95. The summed E-state index contributed by atoms with van der Waals surface area (Å²) in [5, 5.41) is 12.2. The fourth-order valence-corrected chi connectivity index (χ4v) is 3.49. The minimum absolute atomic E-state index is 0.617. The van der Waals surface area contributed by atoms with Crippen molar-refractivity contribution < 1.29 is 0 Å². The summed E-state index contributed by atoms with van der Waals surface area (Å²) in [6.07, 6.45) is 1.70. The number of hydrogen-bond donors (Lipinski definition) is 1. The number of hydrogen-bond acceptors (Lipinski definition) is 5. The molecule has 0 unspecified atom stereocenters. The highest BCUT2D eigenvalue weighted by atomic mass is 79.9. The SMILES string of the molecule is Clc1cc(Br)cc2c1nc(N1CCNCC1)c1nncn12. The zero-order valence-corrected chi connectivity index (χ0v) is 13.4. The van der Waals surface area contributed by atoms with E-state index in [1.165, 1.54) is 0 Å². The van der Waals surface area contributed by atoms with Gasteiger partial charge in [0.05, 0.1) is 10.5 Å². The molecule has 8 heteroatoms. The van der Waals surface area contributed by atoms with E-state index in [2.05, 4.69) is 36.3 Å². The average Bonchev–Trinajstić information content (AvgIpc) is 2.97. The maximum Gasteiger partial charge on any atom is 0.204 e. The second kappa shape index (κ2) is 5.08. The molecule has 2 aromatic heterocycles. The van der Waals surface area contributed by atoms with Crippen LogP contribution >= 0.6 is 27.5 Å². The van der Waals surface area contributed by atoms with E-state index < -0.39 is 0 Å². The van der Waals surface area contributed by atoms with Gasteiger partial charge in [-0.2, -0.15) is 0 Å². The molecular weight excluding hydrogens is 356 g/mol. The second-order valence-corrected chi connectivity index (χ2v) is 6.28. The Morgan fingerprint density at radius 3 is 2.86 bits per heavy atom. The largest absolute Gasteiger partial charge is 0.351 e. The first kappa shape index (κ1) is 13.2. The summed E-state index contributed by atoms with van der Waals surface area (Å²) in [5.74, 6) is 0.839. The van der Waals surface area contributed by atoms with Gasteiger partial charge >= 0.3 is 0 Å². The van der Waals surface area contributed by atoms with E-state index in [4.69, 9.17) is 16.6 Å². The molecular formula is C13H12BrClN6. The van der Waals surface area contributed by atoms with Crippen molar-refractivity contribution in [3.63, 3.8) is 0 Å². The molecule has 4 rings (SSSR count). The number of nitrogens with one attached hydrogen (secondary N) is 1. The molecule has 0 aliphatic carbocycles. The van der Waals surface area contributed by atoms with Crippen LogP contribution in [0.4, 0.5) is 5.82 Å². The zero-order valence-electron chi connectivity index (χ0n) is 11.1. The number of piperazine rings is 1. The monoisotopic (exact) mass is 366 g/mol. The lowest BCUT2D eigenvalue weighted by atomic mass is 10.3. The van der Waals surface area contributed by atoms with Crippen LogP contribution in [0.1, 0.15) is 0 Å². The van der Waals surface area contributed by atoms with Gasteiger partial charge in [-0.1, -0.05) is 27.5 Å². The number of rotatable bonds is 1. The molecule has 1 N–H and O–H groups in total. The minimum atomic E-state index is 0.617. The number of halogens is 2. The maximum absolute atomic E-state index is 6.36. The molecule has 1 fully saturated rings. The third-order valence-electron chi connectivity index (χ3n) is 3.65. The van der Waals surface area contributed by atoms with Gasteiger partial charge in [0, 0.05) is 30.7 Å².